The molecular formula is C36H39N5O4S. The van der Waals surface area contributed by atoms with Gasteiger partial charge in [0.15, 0.2) is 5.65 Å². The Balaban J connectivity index is 1.41. The summed E-state index contributed by atoms with van der Waals surface area (Å²) >= 11 is 0. The van der Waals surface area contributed by atoms with Gasteiger partial charge in [0.25, 0.3) is 15.9 Å². The second-order valence-electron chi connectivity index (χ2n) is 11.3. The maximum Gasteiger partial charge on any atom is 0.264 e. The van der Waals surface area contributed by atoms with Gasteiger partial charge < -0.3 is 9.88 Å². The van der Waals surface area contributed by atoms with E-state index in [0.717, 1.165) is 60.3 Å². The first-order valence-electron chi connectivity index (χ1n) is 15.7. The standard InChI is InChI=1S/C36H39N5O4S/c1-4-6-17-33-38-31-23-30(39-34(42)18-7-5-2)25(3)37-35(31)41(33)24-26-19-21-27(22-20-26)29-15-11-12-16-32(29)46(44,45)40-36(43)28-13-9-8-10-14-28/h8-16,19-23H,4-7,17-18,24H2,1-3H3,(H,39,42)(H,40,43). The van der Waals surface area contributed by atoms with Crippen LogP contribution in [0.25, 0.3) is 22.3 Å². The molecule has 0 aliphatic carbocycles. The molecule has 238 valence electrons. The fourth-order valence-corrected chi connectivity index (χ4v) is 6.50. The molecule has 2 heterocycles. The number of aromatic nitrogens is 3. The van der Waals surface area contributed by atoms with Gasteiger partial charge in [-0.2, -0.15) is 0 Å². The number of sulfonamides is 1. The van der Waals surface area contributed by atoms with Crippen molar-refractivity contribution in [3.63, 3.8) is 0 Å². The smallest absolute Gasteiger partial charge is 0.264 e. The highest BCUT2D eigenvalue weighted by molar-refractivity contribution is 7.90. The van der Waals surface area contributed by atoms with E-state index in [0.29, 0.717) is 29.8 Å². The second-order valence-corrected chi connectivity index (χ2v) is 13.0. The van der Waals surface area contributed by atoms with Crippen molar-refractivity contribution in [3.05, 3.63) is 108 Å². The summed E-state index contributed by atoms with van der Waals surface area (Å²) < 4.78 is 31.0. The van der Waals surface area contributed by atoms with Crippen LogP contribution in [-0.2, 0) is 27.8 Å². The van der Waals surface area contributed by atoms with Gasteiger partial charge in [0.1, 0.15) is 11.3 Å². The van der Waals surface area contributed by atoms with E-state index in [1.807, 2.05) is 37.3 Å². The zero-order valence-electron chi connectivity index (χ0n) is 26.4. The molecule has 0 saturated carbocycles. The van der Waals surface area contributed by atoms with Crippen molar-refractivity contribution >= 4 is 38.7 Å². The lowest BCUT2D eigenvalue weighted by Gasteiger charge is -2.13. The largest absolute Gasteiger partial charge is 0.324 e. The van der Waals surface area contributed by atoms with Crippen LogP contribution in [0.5, 0.6) is 0 Å². The van der Waals surface area contributed by atoms with Gasteiger partial charge in [-0.15, -0.1) is 0 Å². The number of carbonyl (C=O) groups excluding carboxylic acids is 2. The van der Waals surface area contributed by atoms with Crippen molar-refractivity contribution in [2.24, 2.45) is 0 Å². The average Bonchev–Trinajstić information content (AvgIpc) is 3.38. The van der Waals surface area contributed by atoms with Gasteiger partial charge in [-0.25, -0.2) is 23.1 Å². The summed E-state index contributed by atoms with van der Waals surface area (Å²) in [7, 11) is -4.14. The van der Waals surface area contributed by atoms with E-state index < -0.39 is 15.9 Å². The number of imidazole rings is 1. The number of nitrogens with zero attached hydrogens (tertiary/aromatic N) is 3. The number of amides is 2. The molecule has 0 fully saturated rings. The van der Waals surface area contributed by atoms with Crippen LogP contribution in [0.15, 0.2) is 89.8 Å². The molecule has 0 aliphatic rings. The predicted molar refractivity (Wildman–Crippen MR) is 181 cm³/mol. The Morgan fingerprint density at radius 2 is 1.54 bits per heavy atom. The van der Waals surface area contributed by atoms with Gasteiger partial charge in [-0.3, -0.25) is 9.59 Å². The molecule has 2 aromatic heterocycles. The number of pyridine rings is 1. The van der Waals surface area contributed by atoms with Crippen LogP contribution in [0.3, 0.4) is 0 Å². The number of aryl methyl sites for hydroxylation is 2. The van der Waals surface area contributed by atoms with Gasteiger partial charge in [0.2, 0.25) is 5.91 Å². The first-order valence-corrected chi connectivity index (χ1v) is 17.2. The van der Waals surface area contributed by atoms with E-state index in [1.165, 1.54) is 6.07 Å². The minimum atomic E-state index is -4.14. The van der Waals surface area contributed by atoms with Crippen LogP contribution in [0.1, 0.15) is 73.4 Å². The fourth-order valence-electron chi connectivity index (χ4n) is 5.29. The van der Waals surface area contributed by atoms with Crippen LogP contribution >= 0.6 is 0 Å². The number of benzene rings is 3. The number of rotatable bonds is 13. The van der Waals surface area contributed by atoms with E-state index in [2.05, 4.69) is 28.5 Å². The van der Waals surface area contributed by atoms with Gasteiger partial charge in [-0.05, 0) is 55.2 Å². The fraction of sp³-hybridized carbons (Fsp3) is 0.278. The molecule has 5 aromatic rings. The maximum absolute atomic E-state index is 13.3. The zero-order chi connectivity index (χ0) is 32.7. The van der Waals surface area contributed by atoms with E-state index in [9.17, 15) is 18.0 Å². The Hall–Kier alpha value is -4.83. The lowest BCUT2D eigenvalue weighted by atomic mass is 10.0. The monoisotopic (exact) mass is 637 g/mol. The second kappa shape index (κ2) is 14.5. The summed E-state index contributed by atoms with van der Waals surface area (Å²) in [5.74, 6) is 0.213. The lowest BCUT2D eigenvalue weighted by molar-refractivity contribution is -0.116. The summed E-state index contributed by atoms with van der Waals surface area (Å²) in [5.41, 5.74) is 5.35. The molecule has 0 spiro atoms. The summed E-state index contributed by atoms with van der Waals surface area (Å²) in [6.07, 6.45) is 5.06. The van der Waals surface area contributed by atoms with Crippen molar-refractivity contribution in [3.8, 4) is 11.1 Å². The van der Waals surface area contributed by atoms with Crippen molar-refractivity contribution in [2.45, 2.75) is 70.7 Å². The minimum Gasteiger partial charge on any atom is -0.324 e. The van der Waals surface area contributed by atoms with Gasteiger partial charge in [0, 0.05) is 24.0 Å². The van der Waals surface area contributed by atoms with Crippen LogP contribution in [-0.4, -0.2) is 34.8 Å². The molecule has 0 saturated heterocycles. The molecule has 2 N–H and O–H groups in total. The number of fused-ring (bicyclic) bond motifs is 1. The van der Waals surface area contributed by atoms with E-state index in [1.54, 1.807) is 48.5 Å². The third kappa shape index (κ3) is 7.51. The third-order valence-corrected chi connectivity index (χ3v) is 9.21. The molecular weight excluding hydrogens is 598 g/mol. The van der Waals surface area contributed by atoms with Gasteiger partial charge in [-0.1, -0.05) is 87.4 Å². The Bertz CT molecular complexity index is 1950. The number of unbranched alkanes of at least 4 members (excludes halogenated alkanes) is 2. The number of nitrogens with one attached hydrogen (secondary N) is 2. The highest BCUT2D eigenvalue weighted by Gasteiger charge is 2.23. The maximum atomic E-state index is 13.3. The molecule has 46 heavy (non-hydrogen) atoms. The summed E-state index contributed by atoms with van der Waals surface area (Å²) in [5, 5.41) is 3.00. The minimum absolute atomic E-state index is 0.0201. The molecule has 0 atom stereocenters. The topological polar surface area (TPSA) is 123 Å². The zero-order valence-corrected chi connectivity index (χ0v) is 27.2. The first kappa shape index (κ1) is 32.6. The Morgan fingerprint density at radius 1 is 0.848 bits per heavy atom. The van der Waals surface area contributed by atoms with Crippen molar-refractivity contribution < 1.29 is 18.0 Å². The molecule has 0 radical (unpaired) electrons. The molecule has 9 nitrogen and oxygen atoms in total. The molecule has 3 aromatic carbocycles. The molecule has 5 rings (SSSR count). The summed E-state index contributed by atoms with van der Waals surface area (Å²) in [6, 6.07) is 24.5. The number of anilines is 1. The Labute approximate surface area is 270 Å². The molecule has 0 unspecified atom stereocenters. The van der Waals surface area contributed by atoms with E-state index >= 15 is 0 Å². The quantitative estimate of drug-likeness (QED) is 0.143. The third-order valence-electron chi connectivity index (χ3n) is 7.82. The molecule has 10 heteroatoms. The Kier molecular flexibility index (Phi) is 10.3. The number of carbonyl (C=O) groups is 2. The predicted octanol–water partition coefficient (Wildman–Crippen LogP) is 7.05. The number of hydrogen-bond acceptors (Lipinski definition) is 6. The summed E-state index contributed by atoms with van der Waals surface area (Å²) in [6.45, 7) is 6.61. The molecule has 2 amide bonds. The highest BCUT2D eigenvalue weighted by atomic mass is 32.2. The first-order chi connectivity index (χ1) is 22.2. The molecule has 0 bridgehead atoms. The van der Waals surface area contributed by atoms with Crippen LogP contribution in [0.4, 0.5) is 5.69 Å². The van der Waals surface area contributed by atoms with Crippen molar-refractivity contribution in [2.75, 3.05) is 5.32 Å². The van der Waals surface area contributed by atoms with Gasteiger partial charge >= 0.3 is 0 Å². The average molecular weight is 638 g/mol. The highest BCUT2D eigenvalue weighted by Crippen LogP contribution is 2.29. The van der Waals surface area contributed by atoms with Crippen LogP contribution < -0.4 is 10.0 Å². The summed E-state index contributed by atoms with van der Waals surface area (Å²) in [4.78, 5) is 34.9. The number of hydrogen-bond donors (Lipinski definition) is 2. The van der Waals surface area contributed by atoms with Crippen LogP contribution in [0.2, 0.25) is 0 Å². The van der Waals surface area contributed by atoms with Crippen LogP contribution in [0, 0.1) is 6.92 Å². The van der Waals surface area contributed by atoms with Gasteiger partial charge in [0.05, 0.1) is 22.8 Å². The van der Waals surface area contributed by atoms with E-state index in [-0.39, 0.29) is 16.4 Å². The normalized spacial score (nSPS) is 11.5. The SMILES string of the molecule is CCCCC(=O)Nc1cc2nc(CCCC)n(Cc3ccc(-c4ccccc4S(=O)(=O)NC(=O)c4ccccc4)cc3)c2nc1C. The van der Waals surface area contributed by atoms with Crippen molar-refractivity contribution in [1.29, 1.82) is 0 Å². The van der Waals surface area contributed by atoms with E-state index in [4.69, 9.17) is 9.97 Å². The van der Waals surface area contributed by atoms with Crippen molar-refractivity contribution in [1.82, 2.24) is 19.3 Å². The Morgan fingerprint density at radius 3 is 2.26 bits per heavy atom. The molecule has 0 aliphatic heterocycles. The lowest BCUT2D eigenvalue weighted by Crippen LogP contribution is -2.30.